The van der Waals surface area contributed by atoms with Crippen molar-refractivity contribution in [2.75, 3.05) is 53.2 Å². The number of nitrogens with one attached hydrogen (secondary N) is 3. The van der Waals surface area contributed by atoms with E-state index >= 15 is 0 Å². The van der Waals surface area contributed by atoms with E-state index < -0.39 is 28.9 Å². The van der Waals surface area contributed by atoms with Gasteiger partial charge in [0.15, 0.2) is 23.5 Å². The van der Waals surface area contributed by atoms with Crippen LogP contribution in [-0.2, 0) is 59.9 Å². The van der Waals surface area contributed by atoms with Crippen LogP contribution in [0.5, 0.6) is 0 Å². The minimum absolute atomic E-state index is 0. The Morgan fingerprint density at radius 3 is 1.98 bits per heavy atom. The van der Waals surface area contributed by atoms with Crippen molar-refractivity contribution in [2.45, 2.75) is 29.2 Å². The number of methoxy groups -OCH3 is 1. The normalized spacial score (nSPS) is 13.0. The molecule has 0 fully saturated rings. The van der Waals surface area contributed by atoms with Gasteiger partial charge < -0.3 is 34.3 Å². The molecule has 22 nitrogen and oxygen atoms in total. The molecule has 6 rings (SSSR count). The molecule has 2 aliphatic heterocycles. The van der Waals surface area contributed by atoms with Gasteiger partial charge in [0, 0.05) is 43.9 Å². The second-order valence-electron chi connectivity index (χ2n) is 10.4. The van der Waals surface area contributed by atoms with E-state index in [4.69, 9.17) is 51.7 Å². The van der Waals surface area contributed by atoms with E-state index in [0.29, 0.717) is 64.4 Å². The SMILES string of the molecule is C.CO.COC(=O)NOS(=O)c1c(Cl)cccc1C1=NOCCO1.CSc1n[nH]c(=O)n1C.CSc1nn(C(=O)NCc2c(Cl)cccc2C2=NOCCO2)c(=O)n1C. The van der Waals surface area contributed by atoms with Gasteiger partial charge in [0.25, 0.3) is 11.8 Å². The molecule has 4 N–H and O–H groups in total. The smallest absolute Gasteiger partial charge is 0.432 e. The molecule has 0 bridgehead atoms. The molecule has 2 aliphatic rings. The number of hydrogen-bond donors (Lipinski definition) is 4. The van der Waals surface area contributed by atoms with Crippen LogP contribution < -0.4 is 22.2 Å². The van der Waals surface area contributed by atoms with Gasteiger partial charge >= 0.3 is 23.5 Å². The molecule has 1 atom stereocenters. The number of nitrogens with zero attached hydrogens (tertiary/aromatic N) is 7. The average Bonchev–Trinajstić information content (AvgIpc) is 3.75. The van der Waals surface area contributed by atoms with Crippen LogP contribution in [0.25, 0.3) is 0 Å². The van der Waals surface area contributed by atoms with Crippen molar-refractivity contribution in [2.24, 2.45) is 24.4 Å². The van der Waals surface area contributed by atoms with Crippen LogP contribution in [0, 0.1) is 0 Å². The van der Waals surface area contributed by atoms with Gasteiger partial charge in [0.2, 0.25) is 11.1 Å². The third-order valence-corrected chi connectivity index (χ3v) is 10.2. The summed E-state index contributed by atoms with van der Waals surface area (Å²) < 4.78 is 35.5. The standard InChI is InChI=1S/C15H16ClN5O4S.C11H11ClN2O6S.C4H7N3OS.CH4O.CH4/c1-20-14(26-2)18-21(15(20)23)13(22)17-8-10-9(4-3-5-11(10)16)12-19-25-7-6-24-12;1-17-11(15)14-20-21(16)9-7(3-2-4-8(9)12)10-13-19-6-5-18-10;1-7-3(8)5-6-4(7)9-2;1-2;/h3-5H,6-8H2,1-2H3,(H,17,22);2-4H,5-6H2,1H3,(H,14,15);1-2H3,(H,5,8);2H,1H3;1H4. The molecule has 2 amide bonds. The van der Waals surface area contributed by atoms with E-state index in [0.717, 1.165) is 18.9 Å². The summed E-state index contributed by atoms with van der Waals surface area (Å²) in [6, 6.07) is 9.29. The first-order valence-corrected chi connectivity index (χ1v) is 20.4. The largest absolute Gasteiger partial charge is 0.471 e. The maximum absolute atomic E-state index is 12.4. The van der Waals surface area contributed by atoms with Gasteiger partial charge in [-0.15, -0.1) is 14.9 Å². The van der Waals surface area contributed by atoms with Crippen LogP contribution in [0.3, 0.4) is 0 Å². The molecule has 2 aromatic heterocycles. The number of benzene rings is 2. The van der Waals surface area contributed by atoms with Crippen LogP contribution in [0.15, 0.2) is 71.5 Å². The molecule has 0 aliphatic carbocycles. The lowest BCUT2D eigenvalue weighted by atomic mass is 10.1. The van der Waals surface area contributed by atoms with Crippen molar-refractivity contribution in [3.8, 4) is 0 Å². The summed E-state index contributed by atoms with van der Waals surface area (Å²) in [6.07, 6.45) is 2.74. The van der Waals surface area contributed by atoms with Crippen molar-refractivity contribution < 1.29 is 47.1 Å². The third-order valence-electron chi connectivity index (χ3n) is 6.97. The second-order valence-corrected chi connectivity index (χ2v) is 13.8. The Kier molecular flexibility index (Phi) is 21.6. The molecular weight excluding hydrogens is 884 g/mol. The molecule has 27 heteroatoms. The van der Waals surface area contributed by atoms with E-state index in [1.54, 1.807) is 50.7 Å². The zero-order chi connectivity index (χ0) is 42.8. The lowest BCUT2D eigenvalue weighted by Crippen LogP contribution is -2.37. The highest BCUT2D eigenvalue weighted by atomic mass is 35.5. The topological polar surface area (TPSA) is 266 Å². The van der Waals surface area contributed by atoms with Gasteiger partial charge in [-0.25, -0.2) is 28.5 Å². The molecular formula is C32H42Cl2N10O12S3. The number of aromatic nitrogens is 6. The number of H-pyrrole nitrogens is 1. The number of rotatable bonds is 9. The molecule has 1 unspecified atom stereocenters. The van der Waals surface area contributed by atoms with Crippen LogP contribution in [0.4, 0.5) is 9.59 Å². The highest BCUT2D eigenvalue weighted by Gasteiger charge is 2.23. The summed E-state index contributed by atoms with van der Waals surface area (Å²) >= 11 is 12.9. The molecule has 0 spiro atoms. The number of carbonyl (C=O) groups is 2. The fraction of sp³-hybridized carbons (Fsp3) is 0.375. The van der Waals surface area contributed by atoms with E-state index in [-0.39, 0.29) is 35.5 Å². The van der Waals surface area contributed by atoms with Crippen molar-refractivity contribution in [3.63, 3.8) is 0 Å². The second kappa shape index (κ2) is 25.4. The molecule has 0 radical (unpaired) electrons. The van der Waals surface area contributed by atoms with Crippen LogP contribution in [0.2, 0.25) is 10.0 Å². The summed E-state index contributed by atoms with van der Waals surface area (Å²) in [5, 5.41) is 29.0. The summed E-state index contributed by atoms with van der Waals surface area (Å²) in [4.78, 5) is 56.1. The van der Waals surface area contributed by atoms with Gasteiger partial charge in [0.05, 0.1) is 22.6 Å². The van der Waals surface area contributed by atoms with Gasteiger partial charge in [-0.1, -0.05) is 66.3 Å². The van der Waals surface area contributed by atoms with Gasteiger partial charge in [0.1, 0.15) is 13.2 Å². The molecule has 4 aromatic rings. The third kappa shape index (κ3) is 13.8. The number of oxime groups is 2. The van der Waals surface area contributed by atoms with Crippen molar-refractivity contribution in [1.82, 2.24) is 39.9 Å². The Morgan fingerprint density at radius 2 is 1.49 bits per heavy atom. The molecule has 324 valence electrons. The van der Waals surface area contributed by atoms with Crippen LogP contribution in [0.1, 0.15) is 24.1 Å². The number of ether oxygens (including phenoxy) is 3. The molecule has 2 aromatic carbocycles. The zero-order valence-electron chi connectivity index (χ0n) is 31.5. The molecule has 0 saturated heterocycles. The van der Waals surface area contributed by atoms with Gasteiger partial charge in [-0.05, 0) is 47.1 Å². The number of aliphatic hydroxyl groups excluding tert-OH is 1. The quantitative estimate of drug-likeness (QED) is 0.139. The Bertz CT molecular complexity index is 2230. The monoisotopic (exact) mass is 924 g/mol. The molecule has 59 heavy (non-hydrogen) atoms. The van der Waals surface area contributed by atoms with E-state index in [9.17, 15) is 23.4 Å². The Hall–Kier alpha value is -5.05. The summed E-state index contributed by atoms with van der Waals surface area (Å²) in [5.41, 5.74) is 2.71. The Labute approximate surface area is 358 Å². The highest BCUT2D eigenvalue weighted by molar-refractivity contribution is 7.98. The first-order chi connectivity index (χ1) is 27.9. The fourth-order valence-electron chi connectivity index (χ4n) is 4.29. The maximum Gasteiger partial charge on any atom is 0.432 e. The lowest BCUT2D eigenvalue weighted by Gasteiger charge is -2.17. The average molecular weight is 926 g/mol. The van der Waals surface area contributed by atoms with Gasteiger partial charge in [-0.3, -0.25) is 9.13 Å². The van der Waals surface area contributed by atoms with Crippen molar-refractivity contribution in [3.05, 3.63) is 84.1 Å². The molecule has 0 saturated carbocycles. The number of hydroxylamine groups is 1. The number of carbonyl (C=O) groups excluding carboxylic acids is 2. The first kappa shape index (κ1) is 50.1. The fourth-order valence-corrected chi connectivity index (χ4v) is 6.69. The Balaban J connectivity index is 0.000000325. The number of halogens is 2. The predicted octanol–water partition coefficient (Wildman–Crippen LogP) is 2.86. The number of aromatic amines is 1. The zero-order valence-corrected chi connectivity index (χ0v) is 35.5. The number of hydrogen-bond acceptors (Lipinski definition) is 18. The summed E-state index contributed by atoms with van der Waals surface area (Å²) in [5.74, 6) is 0.427. The van der Waals surface area contributed by atoms with Crippen molar-refractivity contribution >= 4 is 81.7 Å². The summed E-state index contributed by atoms with van der Waals surface area (Å²) in [6.45, 7) is 1.43. The lowest BCUT2D eigenvalue weighted by molar-refractivity contribution is 0.0653. The van der Waals surface area contributed by atoms with E-state index in [1.807, 2.05) is 11.7 Å². The number of aliphatic hydroxyl groups is 1. The molecule has 4 heterocycles. The first-order valence-electron chi connectivity index (χ1n) is 16.1. The van der Waals surface area contributed by atoms with E-state index in [1.165, 1.54) is 38.7 Å². The summed E-state index contributed by atoms with van der Waals surface area (Å²) in [7, 11) is 5.37. The number of amides is 2. The number of thioether (sulfide) groups is 2. The van der Waals surface area contributed by atoms with Gasteiger partial charge in [-0.2, -0.15) is 9.76 Å². The predicted molar refractivity (Wildman–Crippen MR) is 220 cm³/mol. The van der Waals surface area contributed by atoms with Crippen LogP contribution >= 0.6 is 46.7 Å². The van der Waals surface area contributed by atoms with Crippen molar-refractivity contribution in [1.29, 1.82) is 0 Å². The van der Waals surface area contributed by atoms with E-state index in [2.05, 4.69) is 35.7 Å². The minimum atomic E-state index is -2.09. The highest BCUT2D eigenvalue weighted by Crippen LogP contribution is 2.26. The minimum Gasteiger partial charge on any atom is -0.471 e. The maximum atomic E-state index is 12.4. The Morgan fingerprint density at radius 1 is 0.915 bits per heavy atom. The van der Waals surface area contributed by atoms with Crippen LogP contribution in [-0.4, -0.2) is 116 Å².